The van der Waals surface area contributed by atoms with E-state index in [9.17, 15) is 9.18 Å². The van der Waals surface area contributed by atoms with Crippen molar-refractivity contribution in [1.29, 1.82) is 0 Å². The number of hydrogen-bond acceptors (Lipinski definition) is 3. The molecule has 2 aliphatic rings. The highest BCUT2D eigenvalue weighted by atomic mass is 19.1. The lowest BCUT2D eigenvalue weighted by molar-refractivity contribution is 0.184. The molecule has 2 amide bonds. The van der Waals surface area contributed by atoms with E-state index in [1.807, 2.05) is 24.3 Å². The Morgan fingerprint density at radius 1 is 0.971 bits per heavy atom. The molecule has 0 saturated carbocycles. The van der Waals surface area contributed by atoms with Gasteiger partial charge in [-0.2, -0.15) is 0 Å². The molecule has 0 aromatic heterocycles. The smallest absolute Gasteiger partial charge is 0.299 e. The Kier molecular flexibility index (Phi) is 6.16. The predicted molar refractivity (Wildman–Crippen MR) is 134 cm³/mol. The highest BCUT2D eigenvalue weighted by Gasteiger charge is 2.53. The third kappa shape index (κ3) is 4.21. The number of piperidine rings is 1. The number of likely N-dealkylation sites (tertiary alicyclic amines) is 1. The highest BCUT2D eigenvalue weighted by molar-refractivity contribution is 6.19. The molecule has 5 nitrogen and oxygen atoms in total. The van der Waals surface area contributed by atoms with Crippen molar-refractivity contribution in [1.82, 2.24) is 10.2 Å². The maximum absolute atomic E-state index is 14.2. The molecule has 0 atom stereocenters. The molecule has 1 N–H and O–H groups in total. The summed E-state index contributed by atoms with van der Waals surface area (Å²) in [7, 11) is 0. The second-order valence-corrected chi connectivity index (χ2v) is 8.98. The minimum Gasteiger partial charge on any atom is -0.299 e. The van der Waals surface area contributed by atoms with Crippen LogP contribution in [0.25, 0.3) is 0 Å². The molecule has 0 radical (unpaired) electrons. The zero-order chi connectivity index (χ0) is 23.5. The van der Waals surface area contributed by atoms with E-state index in [2.05, 4.69) is 47.5 Å². The molecular weight excluding hydrogens is 427 g/mol. The standard InChI is InChI=1S/C28H29FN4O/c1-2-22-11-6-7-14-25(22)30-26-28(33(27(34)31-26)24-13-8-12-23(29)19-24)15-17-32(18-16-28)20-21-9-4-3-5-10-21/h3-14,19H,2,15-18,20H2,1H3,(H,30,31,34). The van der Waals surface area contributed by atoms with Crippen LogP contribution in [-0.4, -0.2) is 35.4 Å². The van der Waals surface area contributed by atoms with Crippen LogP contribution < -0.4 is 10.2 Å². The van der Waals surface area contributed by atoms with Gasteiger partial charge >= 0.3 is 6.03 Å². The van der Waals surface area contributed by atoms with Crippen LogP contribution in [0.2, 0.25) is 0 Å². The molecular formula is C28H29FN4O. The number of nitrogens with one attached hydrogen (secondary N) is 1. The third-order valence-corrected chi connectivity index (χ3v) is 6.90. The quantitative estimate of drug-likeness (QED) is 0.537. The van der Waals surface area contributed by atoms with Gasteiger partial charge in [-0.25, -0.2) is 14.2 Å². The average molecular weight is 457 g/mol. The summed E-state index contributed by atoms with van der Waals surface area (Å²) in [6, 6.07) is 24.5. The van der Waals surface area contributed by atoms with E-state index in [-0.39, 0.29) is 11.8 Å². The van der Waals surface area contributed by atoms with E-state index < -0.39 is 5.54 Å². The van der Waals surface area contributed by atoms with Gasteiger partial charge in [-0.05, 0) is 54.7 Å². The highest BCUT2D eigenvalue weighted by Crippen LogP contribution is 2.39. The van der Waals surface area contributed by atoms with Gasteiger partial charge in [-0.3, -0.25) is 15.1 Å². The molecule has 2 saturated heterocycles. The van der Waals surface area contributed by atoms with Crippen molar-refractivity contribution < 1.29 is 9.18 Å². The molecule has 2 heterocycles. The molecule has 0 bridgehead atoms. The minimum atomic E-state index is -0.640. The van der Waals surface area contributed by atoms with Gasteiger partial charge in [0.1, 0.15) is 17.2 Å². The Balaban J connectivity index is 1.51. The lowest BCUT2D eigenvalue weighted by Gasteiger charge is -2.43. The number of hydrogen-bond donors (Lipinski definition) is 1. The van der Waals surface area contributed by atoms with Crippen molar-refractivity contribution in [2.24, 2.45) is 4.99 Å². The van der Waals surface area contributed by atoms with Crippen LogP contribution in [-0.2, 0) is 13.0 Å². The number of anilines is 1. The topological polar surface area (TPSA) is 47.9 Å². The van der Waals surface area contributed by atoms with E-state index in [1.165, 1.54) is 17.7 Å². The summed E-state index contributed by atoms with van der Waals surface area (Å²) in [5.41, 5.74) is 3.19. The molecule has 0 aliphatic carbocycles. The number of urea groups is 1. The Labute approximate surface area is 199 Å². The van der Waals surface area contributed by atoms with Crippen LogP contribution >= 0.6 is 0 Å². The van der Waals surface area contributed by atoms with Crippen LogP contribution in [0.15, 0.2) is 83.9 Å². The first-order valence-electron chi connectivity index (χ1n) is 11.9. The van der Waals surface area contributed by atoms with Gasteiger partial charge in [-0.1, -0.05) is 61.5 Å². The maximum Gasteiger partial charge on any atom is 0.328 e. The number of aliphatic imine (C=N–C) groups is 1. The number of benzene rings is 3. The molecule has 174 valence electrons. The number of nitrogens with zero attached hydrogens (tertiary/aromatic N) is 3. The van der Waals surface area contributed by atoms with Gasteiger partial charge in [0.15, 0.2) is 0 Å². The molecule has 5 rings (SSSR count). The normalized spacial score (nSPS) is 19.1. The lowest BCUT2D eigenvalue weighted by atomic mass is 9.84. The van der Waals surface area contributed by atoms with Crippen LogP contribution in [0.5, 0.6) is 0 Å². The fourth-order valence-electron chi connectivity index (χ4n) is 5.11. The van der Waals surface area contributed by atoms with Crippen molar-refractivity contribution in [3.8, 4) is 0 Å². The van der Waals surface area contributed by atoms with Crippen molar-refractivity contribution in [3.05, 3.63) is 95.8 Å². The largest absolute Gasteiger partial charge is 0.328 e. The van der Waals surface area contributed by atoms with Crippen molar-refractivity contribution >= 4 is 23.2 Å². The first-order valence-corrected chi connectivity index (χ1v) is 11.9. The van der Waals surface area contributed by atoms with E-state index >= 15 is 0 Å². The molecule has 34 heavy (non-hydrogen) atoms. The molecule has 2 aliphatic heterocycles. The lowest BCUT2D eigenvalue weighted by Crippen LogP contribution is -2.56. The summed E-state index contributed by atoms with van der Waals surface area (Å²) in [6.45, 7) is 4.58. The fraction of sp³-hybridized carbons (Fsp3) is 0.286. The van der Waals surface area contributed by atoms with Crippen molar-refractivity contribution in [2.45, 2.75) is 38.3 Å². The Bertz CT molecular complexity index is 1200. The summed E-state index contributed by atoms with van der Waals surface area (Å²) >= 11 is 0. The van der Waals surface area contributed by atoms with Gasteiger partial charge in [0, 0.05) is 25.3 Å². The summed E-state index contributed by atoms with van der Waals surface area (Å²) in [5.74, 6) is 0.297. The van der Waals surface area contributed by atoms with Gasteiger partial charge < -0.3 is 0 Å². The van der Waals surface area contributed by atoms with E-state index in [0.717, 1.165) is 37.3 Å². The van der Waals surface area contributed by atoms with Crippen LogP contribution in [0.1, 0.15) is 30.9 Å². The summed E-state index contributed by atoms with van der Waals surface area (Å²) in [4.78, 5) is 22.4. The van der Waals surface area contributed by atoms with Gasteiger partial charge in [0.05, 0.1) is 5.69 Å². The summed E-state index contributed by atoms with van der Waals surface area (Å²) < 4.78 is 14.2. The number of carbonyl (C=O) groups is 1. The molecule has 0 unspecified atom stereocenters. The van der Waals surface area contributed by atoms with Crippen molar-refractivity contribution in [2.75, 3.05) is 18.0 Å². The Morgan fingerprint density at radius 2 is 1.71 bits per heavy atom. The first kappa shape index (κ1) is 22.3. The fourth-order valence-corrected chi connectivity index (χ4v) is 5.11. The molecule has 6 heteroatoms. The number of para-hydroxylation sites is 1. The molecule has 2 fully saturated rings. The monoisotopic (exact) mass is 456 g/mol. The van der Waals surface area contributed by atoms with Crippen LogP contribution in [0.3, 0.4) is 0 Å². The number of rotatable bonds is 5. The zero-order valence-electron chi connectivity index (χ0n) is 19.4. The maximum atomic E-state index is 14.2. The van der Waals surface area contributed by atoms with E-state index in [4.69, 9.17) is 4.99 Å². The molecule has 3 aromatic rings. The van der Waals surface area contributed by atoms with Gasteiger partial charge in [0.25, 0.3) is 0 Å². The number of aryl methyl sites for hydroxylation is 1. The predicted octanol–water partition coefficient (Wildman–Crippen LogP) is 5.68. The van der Waals surface area contributed by atoms with Gasteiger partial charge in [0.2, 0.25) is 0 Å². The number of carbonyl (C=O) groups excluding carboxylic acids is 1. The Hall–Kier alpha value is -3.51. The molecule has 3 aromatic carbocycles. The van der Waals surface area contributed by atoms with E-state index in [1.54, 1.807) is 17.0 Å². The second kappa shape index (κ2) is 9.39. The summed E-state index contributed by atoms with van der Waals surface area (Å²) in [5, 5.41) is 3.04. The minimum absolute atomic E-state index is 0.255. The van der Waals surface area contributed by atoms with Crippen LogP contribution in [0.4, 0.5) is 20.6 Å². The van der Waals surface area contributed by atoms with Gasteiger partial charge in [-0.15, -0.1) is 0 Å². The second-order valence-electron chi connectivity index (χ2n) is 8.98. The van der Waals surface area contributed by atoms with Crippen molar-refractivity contribution in [3.63, 3.8) is 0 Å². The Morgan fingerprint density at radius 3 is 2.44 bits per heavy atom. The molecule has 1 spiro atoms. The third-order valence-electron chi connectivity index (χ3n) is 6.90. The number of amidine groups is 1. The number of amides is 2. The zero-order valence-corrected chi connectivity index (χ0v) is 19.4. The summed E-state index contributed by atoms with van der Waals surface area (Å²) in [6.07, 6.45) is 2.27. The van der Waals surface area contributed by atoms with E-state index in [0.29, 0.717) is 24.4 Å². The van der Waals surface area contributed by atoms with Crippen LogP contribution in [0, 0.1) is 5.82 Å². The average Bonchev–Trinajstić information content (AvgIpc) is 3.11. The number of halogens is 1. The first-order chi connectivity index (χ1) is 16.6. The SMILES string of the molecule is CCc1ccccc1N=C1NC(=O)N(c2cccc(F)c2)C12CCN(Cc1ccccc1)CC2.